The molecule has 0 N–H and O–H groups in total. The highest BCUT2D eigenvalue weighted by Crippen LogP contribution is 2.36. The molecule has 0 fully saturated rings. The first-order chi connectivity index (χ1) is 13.6. The third kappa shape index (κ3) is 5.21. The number of hydrogen-bond donors (Lipinski definition) is 0. The number of benzene rings is 2. The second kappa shape index (κ2) is 8.62. The van der Waals surface area contributed by atoms with Gasteiger partial charge >= 0.3 is 6.18 Å². The van der Waals surface area contributed by atoms with Gasteiger partial charge in [-0.2, -0.15) is 13.2 Å². The zero-order valence-electron chi connectivity index (χ0n) is 17.0. The van der Waals surface area contributed by atoms with E-state index in [1.54, 1.807) is 11.3 Å². The molecule has 2 aromatic carbocycles. The van der Waals surface area contributed by atoms with Gasteiger partial charge in [-0.25, -0.2) is 0 Å². The molecule has 0 bridgehead atoms. The predicted molar refractivity (Wildman–Crippen MR) is 113 cm³/mol. The molecule has 1 atom stereocenters. The van der Waals surface area contributed by atoms with Gasteiger partial charge in [-0.05, 0) is 84.2 Å². The van der Waals surface area contributed by atoms with Crippen LogP contribution in [-0.4, -0.2) is 0 Å². The minimum atomic E-state index is -4.33. The first kappa shape index (κ1) is 21.4. The van der Waals surface area contributed by atoms with Crippen molar-refractivity contribution >= 4 is 11.3 Å². The molecule has 0 radical (unpaired) electrons. The van der Waals surface area contributed by atoms with Crippen LogP contribution in [-0.2, 0) is 6.18 Å². The molecular formula is C24H25F3OS. The summed E-state index contributed by atoms with van der Waals surface area (Å²) in [5.41, 5.74) is 3.05. The number of aryl methyl sites for hydroxylation is 2. The quantitative estimate of drug-likeness (QED) is 0.392. The van der Waals surface area contributed by atoms with Crippen molar-refractivity contribution in [1.29, 1.82) is 0 Å². The lowest BCUT2D eigenvalue weighted by Crippen LogP contribution is -2.09. The highest BCUT2D eigenvalue weighted by molar-refractivity contribution is 7.10. The van der Waals surface area contributed by atoms with Gasteiger partial charge in [0.15, 0.2) is 0 Å². The Labute approximate surface area is 174 Å². The Balaban J connectivity index is 1.89. The van der Waals surface area contributed by atoms with E-state index in [1.807, 2.05) is 32.0 Å². The molecule has 0 aliphatic carbocycles. The third-order valence-corrected chi connectivity index (χ3v) is 5.80. The van der Waals surface area contributed by atoms with E-state index >= 15 is 0 Å². The average Bonchev–Trinajstić information content (AvgIpc) is 3.14. The molecule has 3 aromatic rings. The highest BCUT2D eigenvalue weighted by Gasteiger charge is 2.30. The van der Waals surface area contributed by atoms with E-state index in [0.29, 0.717) is 5.92 Å². The van der Waals surface area contributed by atoms with Crippen LogP contribution in [0.25, 0.3) is 11.1 Å². The van der Waals surface area contributed by atoms with E-state index in [2.05, 4.69) is 25.3 Å². The lowest BCUT2D eigenvalue weighted by Gasteiger charge is -2.22. The fourth-order valence-electron chi connectivity index (χ4n) is 3.56. The fraction of sp³-hybridized carbons (Fsp3) is 0.333. The van der Waals surface area contributed by atoms with Gasteiger partial charge < -0.3 is 4.74 Å². The van der Waals surface area contributed by atoms with Gasteiger partial charge in [0.05, 0.1) is 5.56 Å². The van der Waals surface area contributed by atoms with Gasteiger partial charge in [-0.1, -0.05) is 32.0 Å². The molecule has 1 nitrogen and oxygen atoms in total. The summed E-state index contributed by atoms with van der Waals surface area (Å²) >= 11 is 1.69. The number of thiophene rings is 1. The summed E-state index contributed by atoms with van der Waals surface area (Å²) in [7, 11) is 0. The first-order valence-corrected chi connectivity index (χ1v) is 10.5. The maximum atomic E-state index is 12.8. The van der Waals surface area contributed by atoms with Crippen molar-refractivity contribution in [1.82, 2.24) is 0 Å². The standard InChI is InChI=1S/C24H25F3OS/c1-15(2)12-21(22-6-5-11-29-22)28-20-13-16(3)23(17(4)14-20)18-7-9-19(10-8-18)24(25,26)27/h5-11,13-15,21H,12H2,1-4H3. The molecule has 154 valence electrons. The Morgan fingerprint density at radius 1 is 0.966 bits per heavy atom. The number of alkyl halides is 3. The topological polar surface area (TPSA) is 9.23 Å². The maximum absolute atomic E-state index is 12.8. The fourth-order valence-corrected chi connectivity index (χ4v) is 4.33. The summed E-state index contributed by atoms with van der Waals surface area (Å²) in [5, 5.41) is 2.05. The molecule has 0 aliphatic heterocycles. The zero-order valence-corrected chi connectivity index (χ0v) is 17.8. The molecule has 3 rings (SSSR count). The smallest absolute Gasteiger partial charge is 0.416 e. The van der Waals surface area contributed by atoms with Gasteiger partial charge in [-0.3, -0.25) is 0 Å². The lowest BCUT2D eigenvalue weighted by atomic mass is 9.94. The molecule has 0 saturated carbocycles. The summed E-state index contributed by atoms with van der Waals surface area (Å²) in [5.74, 6) is 1.28. The summed E-state index contributed by atoms with van der Waals surface area (Å²) in [4.78, 5) is 1.20. The van der Waals surface area contributed by atoms with Crippen molar-refractivity contribution in [2.24, 2.45) is 5.92 Å². The van der Waals surface area contributed by atoms with E-state index < -0.39 is 11.7 Å². The van der Waals surface area contributed by atoms with Crippen LogP contribution in [0.4, 0.5) is 13.2 Å². The Bertz CT molecular complexity index is 918. The molecule has 0 saturated heterocycles. The SMILES string of the molecule is Cc1cc(OC(CC(C)C)c2cccs2)cc(C)c1-c1ccc(C(F)(F)F)cc1. The number of ether oxygens (including phenoxy) is 1. The molecule has 1 unspecified atom stereocenters. The average molecular weight is 419 g/mol. The highest BCUT2D eigenvalue weighted by atomic mass is 32.1. The van der Waals surface area contributed by atoms with E-state index in [9.17, 15) is 13.2 Å². The second-order valence-corrected chi connectivity index (χ2v) is 8.74. The number of rotatable bonds is 6. The van der Waals surface area contributed by atoms with E-state index in [4.69, 9.17) is 4.74 Å². The van der Waals surface area contributed by atoms with E-state index in [-0.39, 0.29) is 6.10 Å². The van der Waals surface area contributed by atoms with Crippen molar-refractivity contribution < 1.29 is 17.9 Å². The van der Waals surface area contributed by atoms with Gasteiger partial charge in [0.25, 0.3) is 0 Å². The minimum Gasteiger partial charge on any atom is -0.485 e. The summed E-state index contributed by atoms with van der Waals surface area (Å²) < 4.78 is 44.9. The van der Waals surface area contributed by atoms with E-state index in [0.717, 1.165) is 46.6 Å². The van der Waals surface area contributed by atoms with Gasteiger partial charge in [-0.15, -0.1) is 11.3 Å². The van der Waals surface area contributed by atoms with Crippen LogP contribution in [0.1, 0.15) is 47.9 Å². The largest absolute Gasteiger partial charge is 0.485 e. The molecule has 1 aromatic heterocycles. The second-order valence-electron chi connectivity index (χ2n) is 7.76. The Kier molecular flexibility index (Phi) is 6.37. The normalized spacial score (nSPS) is 13.0. The summed E-state index contributed by atoms with van der Waals surface area (Å²) in [6, 6.07) is 13.4. The van der Waals surface area contributed by atoms with Gasteiger partial charge in [0, 0.05) is 4.88 Å². The van der Waals surface area contributed by atoms with Gasteiger partial charge in [0.1, 0.15) is 11.9 Å². The summed E-state index contributed by atoms with van der Waals surface area (Å²) in [6.45, 7) is 8.28. The van der Waals surface area contributed by atoms with Crippen molar-refractivity contribution in [3.8, 4) is 16.9 Å². The van der Waals surface area contributed by atoms with Crippen LogP contribution in [0.3, 0.4) is 0 Å². The van der Waals surface area contributed by atoms with Crippen LogP contribution in [0.15, 0.2) is 53.9 Å². The van der Waals surface area contributed by atoms with Crippen molar-refractivity contribution in [3.05, 3.63) is 75.5 Å². The van der Waals surface area contributed by atoms with Crippen LogP contribution < -0.4 is 4.74 Å². The zero-order chi connectivity index (χ0) is 21.2. The van der Waals surface area contributed by atoms with Crippen LogP contribution in [0, 0.1) is 19.8 Å². The Hall–Kier alpha value is -2.27. The molecule has 1 heterocycles. The molecule has 0 aliphatic rings. The lowest BCUT2D eigenvalue weighted by molar-refractivity contribution is -0.137. The Morgan fingerprint density at radius 3 is 2.07 bits per heavy atom. The summed E-state index contributed by atoms with van der Waals surface area (Å²) in [6.07, 6.45) is -3.42. The van der Waals surface area contributed by atoms with E-state index in [1.165, 1.54) is 17.0 Å². The number of hydrogen-bond acceptors (Lipinski definition) is 2. The molecule has 29 heavy (non-hydrogen) atoms. The molecular weight excluding hydrogens is 393 g/mol. The molecule has 0 spiro atoms. The van der Waals surface area contributed by atoms with Crippen LogP contribution >= 0.6 is 11.3 Å². The minimum absolute atomic E-state index is 0.00859. The first-order valence-electron chi connectivity index (χ1n) is 9.64. The van der Waals surface area contributed by atoms with Crippen LogP contribution in [0.2, 0.25) is 0 Å². The van der Waals surface area contributed by atoms with Crippen molar-refractivity contribution in [2.45, 2.75) is 46.4 Å². The Morgan fingerprint density at radius 2 is 1.59 bits per heavy atom. The molecule has 0 amide bonds. The predicted octanol–water partition coefficient (Wildman–Crippen LogP) is 8.22. The monoisotopic (exact) mass is 418 g/mol. The number of halogens is 3. The maximum Gasteiger partial charge on any atom is 0.416 e. The third-order valence-electron chi connectivity index (χ3n) is 4.83. The van der Waals surface area contributed by atoms with Crippen molar-refractivity contribution in [3.63, 3.8) is 0 Å². The molecule has 5 heteroatoms. The van der Waals surface area contributed by atoms with Crippen LogP contribution in [0.5, 0.6) is 5.75 Å². The van der Waals surface area contributed by atoms with Gasteiger partial charge in [0.2, 0.25) is 0 Å². The van der Waals surface area contributed by atoms with Crippen molar-refractivity contribution in [2.75, 3.05) is 0 Å².